The predicted octanol–water partition coefficient (Wildman–Crippen LogP) is 3.61. The molecule has 3 aromatic rings. The summed E-state index contributed by atoms with van der Waals surface area (Å²) in [5.74, 6) is 0.0890. The average molecular weight is 374 g/mol. The fraction of sp³-hybridized carbons (Fsp3) is 0.176. The highest BCUT2D eigenvalue weighted by atomic mass is 35.5. The van der Waals surface area contributed by atoms with Gasteiger partial charge in [0.05, 0.1) is 11.4 Å². The van der Waals surface area contributed by atoms with Crippen molar-refractivity contribution in [1.82, 2.24) is 20.2 Å². The first-order valence-corrected chi connectivity index (χ1v) is 9.08. The maximum Gasteiger partial charge on any atom is 0.234 e. The third kappa shape index (κ3) is 4.58. The molecule has 0 aliphatic rings. The van der Waals surface area contributed by atoms with E-state index in [1.165, 1.54) is 17.3 Å². The smallest absolute Gasteiger partial charge is 0.234 e. The molecule has 0 aliphatic carbocycles. The Morgan fingerprint density at radius 1 is 1.24 bits per heavy atom. The molecule has 25 heavy (non-hydrogen) atoms. The van der Waals surface area contributed by atoms with Gasteiger partial charge < -0.3 is 5.32 Å². The molecular weight excluding hydrogens is 358 g/mol. The molecule has 1 heterocycles. The van der Waals surface area contributed by atoms with Crippen molar-refractivity contribution in [1.29, 1.82) is 0 Å². The molecule has 0 unspecified atom stereocenters. The monoisotopic (exact) mass is 373 g/mol. The van der Waals surface area contributed by atoms with E-state index >= 15 is 0 Å². The van der Waals surface area contributed by atoms with E-state index in [4.69, 9.17) is 11.6 Å². The van der Waals surface area contributed by atoms with Gasteiger partial charge >= 0.3 is 0 Å². The van der Waals surface area contributed by atoms with Crippen molar-refractivity contribution in [2.45, 2.75) is 18.5 Å². The number of rotatable bonds is 6. The number of anilines is 1. The number of aromatic nitrogens is 4. The van der Waals surface area contributed by atoms with Crippen LogP contribution in [0.25, 0.3) is 5.69 Å². The number of nitrogens with zero attached hydrogens (tertiary/aromatic N) is 4. The van der Waals surface area contributed by atoms with Crippen molar-refractivity contribution in [3.8, 4) is 5.69 Å². The van der Waals surface area contributed by atoms with Crippen LogP contribution in [0.5, 0.6) is 0 Å². The summed E-state index contributed by atoms with van der Waals surface area (Å²) in [6.07, 6.45) is 0.968. The zero-order chi connectivity index (χ0) is 17.6. The maximum absolute atomic E-state index is 12.1. The molecule has 0 saturated carbocycles. The lowest BCUT2D eigenvalue weighted by molar-refractivity contribution is -0.113. The second kappa shape index (κ2) is 8.13. The van der Waals surface area contributed by atoms with Gasteiger partial charge in [0.25, 0.3) is 0 Å². The van der Waals surface area contributed by atoms with Crippen LogP contribution >= 0.6 is 23.4 Å². The molecule has 0 bridgehead atoms. The maximum atomic E-state index is 12.1. The molecule has 0 aliphatic heterocycles. The number of amides is 1. The van der Waals surface area contributed by atoms with Crippen LogP contribution in [0, 0.1) is 0 Å². The first-order chi connectivity index (χ1) is 12.2. The first-order valence-electron chi connectivity index (χ1n) is 7.71. The number of hydrogen-bond donors (Lipinski definition) is 1. The third-order valence-electron chi connectivity index (χ3n) is 3.47. The zero-order valence-corrected chi connectivity index (χ0v) is 15.1. The molecule has 128 valence electrons. The van der Waals surface area contributed by atoms with Crippen molar-refractivity contribution in [2.24, 2.45) is 0 Å². The first kappa shape index (κ1) is 17.4. The van der Waals surface area contributed by atoms with Crippen molar-refractivity contribution in [3.63, 3.8) is 0 Å². The number of halogens is 1. The van der Waals surface area contributed by atoms with E-state index in [2.05, 4.69) is 27.8 Å². The highest BCUT2D eigenvalue weighted by molar-refractivity contribution is 7.99. The minimum absolute atomic E-state index is 0.116. The van der Waals surface area contributed by atoms with Crippen LogP contribution in [0.2, 0.25) is 5.02 Å². The molecule has 0 spiro atoms. The Hall–Kier alpha value is -2.38. The van der Waals surface area contributed by atoms with Gasteiger partial charge in [-0.3, -0.25) is 4.79 Å². The van der Waals surface area contributed by atoms with Gasteiger partial charge in [0.2, 0.25) is 11.1 Å². The molecule has 0 atom stereocenters. The summed E-state index contributed by atoms with van der Waals surface area (Å²) >= 11 is 7.26. The normalized spacial score (nSPS) is 10.6. The van der Waals surface area contributed by atoms with Gasteiger partial charge in [-0.25, -0.2) is 0 Å². The Morgan fingerprint density at radius 3 is 2.76 bits per heavy atom. The molecular formula is C17H16ClN5OS. The summed E-state index contributed by atoms with van der Waals surface area (Å²) in [6, 6.07) is 15.0. The fourth-order valence-electron chi connectivity index (χ4n) is 2.19. The number of thioether (sulfide) groups is 1. The van der Waals surface area contributed by atoms with E-state index in [0.29, 0.717) is 10.2 Å². The van der Waals surface area contributed by atoms with E-state index in [1.807, 2.05) is 36.4 Å². The van der Waals surface area contributed by atoms with Gasteiger partial charge in [0, 0.05) is 10.7 Å². The Balaban J connectivity index is 1.62. The second-order valence-electron chi connectivity index (χ2n) is 5.24. The van der Waals surface area contributed by atoms with Crippen LogP contribution in [0.4, 0.5) is 5.69 Å². The molecule has 0 fully saturated rings. The van der Waals surface area contributed by atoms with Crippen LogP contribution in [0.1, 0.15) is 12.5 Å². The lowest BCUT2D eigenvalue weighted by Gasteiger charge is -2.06. The minimum Gasteiger partial charge on any atom is -0.325 e. The van der Waals surface area contributed by atoms with Crippen LogP contribution in [0.15, 0.2) is 53.7 Å². The lowest BCUT2D eigenvalue weighted by Crippen LogP contribution is -2.14. The quantitative estimate of drug-likeness (QED) is 0.668. The number of benzene rings is 2. The minimum atomic E-state index is -0.116. The van der Waals surface area contributed by atoms with Crippen molar-refractivity contribution < 1.29 is 4.79 Å². The van der Waals surface area contributed by atoms with E-state index in [0.717, 1.165) is 17.8 Å². The van der Waals surface area contributed by atoms with E-state index in [1.54, 1.807) is 16.8 Å². The van der Waals surface area contributed by atoms with Gasteiger partial charge in [-0.2, -0.15) is 4.68 Å². The second-order valence-corrected chi connectivity index (χ2v) is 6.62. The largest absolute Gasteiger partial charge is 0.325 e. The predicted molar refractivity (Wildman–Crippen MR) is 99.3 cm³/mol. The Bertz CT molecular complexity index is 865. The SMILES string of the molecule is CCc1ccc(NC(=O)CSc2nnnn2-c2cccc(Cl)c2)cc1. The number of tetrazole rings is 1. The molecule has 3 rings (SSSR count). The van der Waals surface area contributed by atoms with Crippen molar-refractivity contribution in [2.75, 3.05) is 11.1 Å². The Morgan fingerprint density at radius 2 is 2.04 bits per heavy atom. The molecule has 1 N–H and O–H groups in total. The Labute approximate surface area is 154 Å². The summed E-state index contributed by atoms with van der Waals surface area (Å²) < 4.78 is 1.56. The highest BCUT2D eigenvalue weighted by Crippen LogP contribution is 2.20. The topological polar surface area (TPSA) is 72.7 Å². The van der Waals surface area contributed by atoms with Crippen molar-refractivity contribution >= 4 is 35.0 Å². The van der Waals surface area contributed by atoms with E-state index in [-0.39, 0.29) is 11.7 Å². The number of nitrogens with one attached hydrogen (secondary N) is 1. The third-order valence-corrected chi connectivity index (χ3v) is 4.63. The number of carbonyl (C=O) groups is 1. The molecule has 2 aromatic carbocycles. The number of carbonyl (C=O) groups excluding carboxylic acids is 1. The molecule has 0 radical (unpaired) electrons. The lowest BCUT2D eigenvalue weighted by atomic mass is 10.1. The van der Waals surface area contributed by atoms with Crippen LogP contribution in [0.3, 0.4) is 0 Å². The van der Waals surface area contributed by atoms with Gasteiger partial charge in [-0.1, -0.05) is 48.5 Å². The van der Waals surface area contributed by atoms with Crippen molar-refractivity contribution in [3.05, 3.63) is 59.1 Å². The summed E-state index contributed by atoms with van der Waals surface area (Å²) in [7, 11) is 0. The number of aryl methyl sites for hydroxylation is 1. The molecule has 0 saturated heterocycles. The number of hydrogen-bond acceptors (Lipinski definition) is 5. The van der Waals surface area contributed by atoms with Crippen LogP contribution in [-0.4, -0.2) is 31.9 Å². The standard InChI is InChI=1S/C17H16ClN5OS/c1-2-12-6-8-14(9-7-12)19-16(24)11-25-17-20-21-22-23(17)15-5-3-4-13(18)10-15/h3-10H,2,11H2,1H3,(H,19,24). The summed E-state index contributed by atoms with van der Waals surface area (Å²) in [5.41, 5.74) is 2.75. The summed E-state index contributed by atoms with van der Waals surface area (Å²) in [6.45, 7) is 2.09. The molecule has 8 heteroatoms. The molecule has 1 aromatic heterocycles. The molecule has 1 amide bonds. The average Bonchev–Trinajstić information content (AvgIpc) is 3.09. The van der Waals surface area contributed by atoms with Gasteiger partial charge in [0.1, 0.15) is 0 Å². The van der Waals surface area contributed by atoms with Gasteiger partial charge in [-0.15, -0.1) is 5.10 Å². The van der Waals surface area contributed by atoms with Gasteiger partial charge in [-0.05, 0) is 52.7 Å². The summed E-state index contributed by atoms with van der Waals surface area (Å²) in [4.78, 5) is 12.1. The highest BCUT2D eigenvalue weighted by Gasteiger charge is 2.12. The van der Waals surface area contributed by atoms with Crippen LogP contribution in [-0.2, 0) is 11.2 Å². The van der Waals surface area contributed by atoms with E-state index < -0.39 is 0 Å². The van der Waals surface area contributed by atoms with Crippen LogP contribution < -0.4 is 5.32 Å². The fourth-order valence-corrected chi connectivity index (χ4v) is 3.07. The van der Waals surface area contributed by atoms with Gasteiger partial charge in [0.15, 0.2) is 0 Å². The zero-order valence-electron chi connectivity index (χ0n) is 13.5. The van der Waals surface area contributed by atoms with E-state index in [9.17, 15) is 4.79 Å². The Kier molecular flexibility index (Phi) is 5.67. The molecule has 6 nitrogen and oxygen atoms in total. The summed E-state index contributed by atoms with van der Waals surface area (Å²) in [5, 5.41) is 15.6.